The average Bonchev–Trinajstić information content (AvgIpc) is 2.54. The van der Waals surface area contributed by atoms with E-state index < -0.39 is 5.97 Å². The van der Waals surface area contributed by atoms with Crippen molar-refractivity contribution in [2.75, 3.05) is 0 Å². The van der Waals surface area contributed by atoms with E-state index in [2.05, 4.69) is 0 Å². The predicted molar refractivity (Wildman–Crippen MR) is 84.0 cm³/mol. The Bertz CT molecular complexity index is 691. The number of carbonyl (C=O) groups excluding carboxylic acids is 1. The summed E-state index contributed by atoms with van der Waals surface area (Å²) in [5.74, 6) is -1.30. The van der Waals surface area contributed by atoms with Crippen molar-refractivity contribution in [3.05, 3.63) is 71.3 Å². The Morgan fingerprint density at radius 2 is 1.77 bits per heavy atom. The van der Waals surface area contributed by atoms with Crippen molar-refractivity contribution >= 4 is 11.8 Å². The maximum absolute atomic E-state index is 12.8. The maximum atomic E-state index is 12.8. The summed E-state index contributed by atoms with van der Waals surface area (Å²) in [4.78, 5) is 24.1. The van der Waals surface area contributed by atoms with Crippen molar-refractivity contribution in [3.8, 4) is 0 Å². The molecular weight excluding hydrogens is 276 g/mol. The SMILES string of the molecule is O=C(O)C[C@H](c1ccccc1)[C@@H]1CCc2ccccc2C1=O. The fraction of sp³-hybridized carbons (Fsp3) is 0.263. The van der Waals surface area contributed by atoms with Gasteiger partial charge in [-0.05, 0) is 24.0 Å². The van der Waals surface area contributed by atoms with Gasteiger partial charge in [-0.2, -0.15) is 0 Å². The number of carboxylic acid groups (broad SMARTS) is 1. The van der Waals surface area contributed by atoms with Gasteiger partial charge >= 0.3 is 5.97 Å². The Balaban J connectivity index is 1.96. The molecule has 0 aromatic heterocycles. The second-order valence-electron chi connectivity index (χ2n) is 5.78. The van der Waals surface area contributed by atoms with E-state index in [1.54, 1.807) is 0 Å². The van der Waals surface area contributed by atoms with Crippen LogP contribution in [0.2, 0.25) is 0 Å². The van der Waals surface area contributed by atoms with Gasteiger partial charge in [0.15, 0.2) is 5.78 Å². The molecule has 0 unspecified atom stereocenters. The lowest BCUT2D eigenvalue weighted by Gasteiger charge is -2.30. The van der Waals surface area contributed by atoms with E-state index in [1.807, 2.05) is 54.6 Å². The van der Waals surface area contributed by atoms with Gasteiger partial charge in [-0.25, -0.2) is 0 Å². The minimum absolute atomic E-state index is 0.0113. The van der Waals surface area contributed by atoms with Crippen LogP contribution in [-0.4, -0.2) is 16.9 Å². The van der Waals surface area contributed by atoms with Crippen LogP contribution in [0.25, 0.3) is 0 Å². The molecule has 0 spiro atoms. The Morgan fingerprint density at radius 1 is 1.09 bits per heavy atom. The molecule has 0 saturated carbocycles. The number of carbonyl (C=O) groups is 2. The summed E-state index contributed by atoms with van der Waals surface area (Å²) in [6, 6.07) is 17.2. The summed E-state index contributed by atoms with van der Waals surface area (Å²) in [6.07, 6.45) is 1.53. The predicted octanol–water partition coefficient (Wildman–Crippen LogP) is 3.69. The molecular formula is C19H18O3. The molecule has 0 aliphatic heterocycles. The number of hydrogen-bond acceptors (Lipinski definition) is 2. The first kappa shape index (κ1) is 14.5. The lowest BCUT2D eigenvalue weighted by molar-refractivity contribution is -0.137. The highest BCUT2D eigenvalue weighted by molar-refractivity contribution is 6.01. The molecule has 3 heteroatoms. The number of aryl methyl sites for hydroxylation is 1. The van der Waals surface area contributed by atoms with E-state index in [0.717, 1.165) is 23.1 Å². The van der Waals surface area contributed by atoms with Crippen molar-refractivity contribution in [1.29, 1.82) is 0 Å². The van der Waals surface area contributed by atoms with Crippen molar-refractivity contribution in [1.82, 2.24) is 0 Å². The van der Waals surface area contributed by atoms with Gasteiger partial charge in [0.25, 0.3) is 0 Å². The lowest BCUT2D eigenvalue weighted by atomic mass is 9.72. The van der Waals surface area contributed by atoms with E-state index in [1.165, 1.54) is 0 Å². The zero-order valence-corrected chi connectivity index (χ0v) is 12.2. The molecule has 2 atom stereocenters. The lowest BCUT2D eigenvalue weighted by Crippen LogP contribution is -2.29. The zero-order valence-electron chi connectivity index (χ0n) is 12.2. The number of aliphatic carboxylic acids is 1. The van der Waals surface area contributed by atoms with Crippen molar-refractivity contribution in [3.63, 3.8) is 0 Å². The summed E-state index contributed by atoms with van der Waals surface area (Å²) in [5, 5.41) is 9.25. The van der Waals surface area contributed by atoms with Crippen molar-refractivity contribution in [2.45, 2.75) is 25.2 Å². The number of benzene rings is 2. The Hall–Kier alpha value is -2.42. The molecule has 112 valence electrons. The second kappa shape index (κ2) is 6.14. The van der Waals surface area contributed by atoms with E-state index >= 15 is 0 Å². The normalized spacial score (nSPS) is 18.5. The van der Waals surface area contributed by atoms with E-state index in [-0.39, 0.29) is 24.0 Å². The third-order valence-corrected chi connectivity index (χ3v) is 4.45. The van der Waals surface area contributed by atoms with Crippen molar-refractivity contribution in [2.24, 2.45) is 5.92 Å². The van der Waals surface area contributed by atoms with Crippen LogP contribution < -0.4 is 0 Å². The summed E-state index contributed by atoms with van der Waals surface area (Å²) < 4.78 is 0. The molecule has 0 fully saturated rings. The number of hydrogen-bond donors (Lipinski definition) is 1. The molecule has 3 rings (SSSR count). The van der Waals surface area contributed by atoms with Gasteiger partial charge in [0.1, 0.15) is 0 Å². The van der Waals surface area contributed by atoms with Gasteiger partial charge in [0, 0.05) is 17.4 Å². The smallest absolute Gasteiger partial charge is 0.303 e. The largest absolute Gasteiger partial charge is 0.481 e. The van der Waals surface area contributed by atoms with Crippen LogP contribution >= 0.6 is 0 Å². The van der Waals surface area contributed by atoms with E-state index in [0.29, 0.717) is 6.42 Å². The van der Waals surface area contributed by atoms with Crippen LogP contribution in [0.1, 0.15) is 40.2 Å². The Labute approximate surface area is 129 Å². The Morgan fingerprint density at radius 3 is 2.50 bits per heavy atom. The third kappa shape index (κ3) is 2.80. The van der Waals surface area contributed by atoms with Gasteiger partial charge < -0.3 is 5.11 Å². The molecule has 1 N–H and O–H groups in total. The van der Waals surface area contributed by atoms with Gasteiger partial charge in [-0.15, -0.1) is 0 Å². The highest BCUT2D eigenvalue weighted by atomic mass is 16.4. The summed E-state index contributed by atoms with van der Waals surface area (Å²) in [5.41, 5.74) is 2.76. The fourth-order valence-corrected chi connectivity index (χ4v) is 3.39. The third-order valence-electron chi connectivity index (χ3n) is 4.45. The molecule has 3 nitrogen and oxygen atoms in total. The number of carboxylic acids is 1. The second-order valence-corrected chi connectivity index (χ2v) is 5.78. The topological polar surface area (TPSA) is 54.4 Å². The summed E-state index contributed by atoms with van der Waals surface area (Å²) in [6.45, 7) is 0. The number of fused-ring (bicyclic) bond motifs is 1. The molecule has 2 aromatic rings. The van der Waals surface area contributed by atoms with Crippen LogP contribution in [-0.2, 0) is 11.2 Å². The van der Waals surface area contributed by atoms with Gasteiger partial charge in [-0.3, -0.25) is 9.59 Å². The van der Waals surface area contributed by atoms with Crippen molar-refractivity contribution < 1.29 is 14.7 Å². The minimum Gasteiger partial charge on any atom is -0.481 e. The fourth-order valence-electron chi connectivity index (χ4n) is 3.39. The first-order valence-corrected chi connectivity index (χ1v) is 7.55. The maximum Gasteiger partial charge on any atom is 0.303 e. The number of Topliss-reactive ketones (excluding diaryl/α,β-unsaturated/α-hetero) is 1. The molecule has 22 heavy (non-hydrogen) atoms. The van der Waals surface area contributed by atoms with Crippen LogP contribution in [0.3, 0.4) is 0 Å². The summed E-state index contributed by atoms with van der Waals surface area (Å²) in [7, 11) is 0. The Kier molecular flexibility index (Phi) is 4.05. The standard InChI is InChI=1S/C19H18O3/c20-18(21)12-17(13-6-2-1-3-7-13)16-11-10-14-8-4-5-9-15(14)19(16)22/h1-9,16-17H,10-12H2,(H,20,21)/t16-,17+/m0/s1. The minimum atomic E-state index is -0.861. The average molecular weight is 294 g/mol. The van der Waals surface area contributed by atoms with E-state index in [4.69, 9.17) is 0 Å². The first-order valence-electron chi connectivity index (χ1n) is 7.55. The highest BCUT2D eigenvalue weighted by Crippen LogP contribution is 2.37. The van der Waals surface area contributed by atoms with Gasteiger partial charge in [0.05, 0.1) is 6.42 Å². The molecule has 0 radical (unpaired) electrons. The van der Waals surface area contributed by atoms with Crippen LogP contribution in [0.15, 0.2) is 54.6 Å². The van der Waals surface area contributed by atoms with Gasteiger partial charge in [-0.1, -0.05) is 54.6 Å². The first-order chi connectivity index (χ1) is 10.7. The van der Waals surface area contributed by atoms with E-state index in [9.17, 15) is 14.7 Å². The van der Waals surface area contributed by atoms with Crippen LogP contribution in [0.5, 0.6) is 0 Å². The van der Waals surface area contributed by atoms with Crippen LogP contribution in [0.4, 0.5) is 0 Å². The molecule has 0 amide bonds. The number of rotatable bonds is 4. The molecule has 0 heterocycles. The quantitative estimate of drug-likeness (QED) is 0.935. The van der Waals surface area contributed by atoms with Crippen LogP contribution in [0, 0.1) is 5.92 Å². The monoisotopic (exact) mass is 294 g/mol. The summed E-state index contributed by atoms with van der Waals surface area (Å²) >= 11 is 0. The highest BCUT2D eigenvalue weighted by Gasteiger charge is 2.35. The molecule has 1 aliphatic carbocycles. The molecule has 0 saturated heterocycles. The molecule has 0 bridgehead atoms. The van der Waals surface area contributed by atoms with Gasteiger partial charge in [0.2, 0.25) is 0 Å². The molecule has 1 aliphatic rings. The zero-order chi connectivity index (χ0) is 15.5. The molecule has 2 aromatic carbocycles. The number of ketones is 1.